The lowest BCUT2D eigenvalue weighted by molar-refractivity contribution is -0.135. The average Bonchev–Trinajstić information content (AvgIpc) is 2.77. The van der Waals surface area contributed by atoms with Crippen LogP contribution in [0.15, 0.2) is 22.8 Å². The van der Waals surface area contributed by atoms with Crippen molar-refractivity contribution >= 4 is 11.8 Å². The van der Waals surface area contributed by atoms with Gasteiger partial charge in [0.05, 0.1) is 12.3 Å². The molecule has 0 aromatic carbocycles. The van der Waals surface area contributed by atoms with Gasteiger partial charge in [-0.1, -0.05) is 0 Å². The molecule has 0 radical (unpaired) electrons. The van der Waals surface area contributed by atoms with E-state index in [1.807, 2.05) is 13.0 Å². The molecule has 0 spiro atoms. The Morgan fingerprint density at radius 3 is 2.94 bits per heavy atom. The van der Waals surface area contributed by atoms with E-state index < -0.39 is 6.04 Å². The first-order chi connectivity index (χ1) is 8.09. The van der Waals surface area contributed by atoms with Crippen molar-refractivity contribution in [2.24, 2.45) is 0 Å². The number of furan rings is 1. The topological polar surface area (TPSA) is 62.6 Å². The van der Waals surface area contributed by atoms with Gasteiger partial charge < -0.3 is 14.6 Å². The van der Waals surface area contributed by atoms with Gasteiger partial charge in [-0.05, 0) is 26.0 Å². The summed E-state index contributed by atoms with van der Waals surface area (Å²) in [5.74, 6) is 0.583. The monoisotopic (exact) mass is 236 g/mol. The molecule has 1 N–H and O–H groups in total. The van der Waals surface area contributed by atoms with E-state index in [0.717, 1.165) is 5.76 Å². The van der Waals surface area contributed by atoms with Crippen LogP contribution in [0, 0.1) is 0 Å². The Hall–Kier alpha value is -1.78. The highest BCUT2D eigenvalue weighted by molar-refractivity contribution is 5.89. The third-order valence-electron chi connectivity index (χ3n) is 3.03. The van der Waals surface area contributed by atoms with E-state index in [2.05, 4.69) is 5.32 Å². The van der Waals surface area contributed by atoms with Gasteiger partial charge in [0.1, 0.15) is 11.8 Å². The number of hydrogen-bond donors (Lipinski definition) is 1. The van der Waals surface area contributed by atoms with E-state index in [4.69, 9.17) is 4.42 Å². The van der Waals surface area contributed by atoms with Crippen molar-refractivity contribution in [2.45, 2.75) is 32.4 Å². The molecule has 92 valence electrons. The van der Waals surface area contributed by atoms with Crippen molar-refractivity contribution in [3.63, 3.8) is 0 Å². The van der Waals surface area contributed by atoms with Gasteiger partial charge in [0.15, 0.2) is 0 Å². The van der Waals surface area contributed by atoms with Crippen molar-refractivity contribution in [3.8, 4) is 0 Å². The second-order valence-electron chi connectivity index (χ2n) is 4.26. The normalized spacial score (nSPS) is 23.2. The Morgan fingerprint density at radius 1 is 1.53 bits per heavy atom. The molecule has 2 atom stereocenters. The predicted octanol–water partition coefficient (Wildman–Crippen LogP) is 1.08. The molecule has 1 saturated heterocycles. The molecule has 0 bridgehead atoms. The molecule has 1 aromatic rings. The van der Waals surface area contributed by atoms with Gasteiger partial charge in [0, 0.05) is 13.0 Å². The van der Waals surface area contributed by atoms with Gasteiger partial charge >= 0.3 is 0 Å². The summed E-state index contributed by atoms with van der Waals surface area (Å²) in [4.78, 5) is 25.2. The quantitative estimate of drug-likeness (QED) is 0.835. The van der Waals surface area contributed by atoms with E-state index >= 15 is 0 Å². The zero-order chi connectivity index (χ0) is 12.4. The van der Waals surface area contributed by atoms with Crippen LogP contribution < -0.4 is 5.32 Å². The lowest BCUT2D eigenvalue weighted by Gasteiger charge is -2.27. The summed E-state index contributed by atoms with van der Waals surface area (Å²) in [5, 5.41) is 2.66. The number of nitrogens with zero attached hydrogens (tertiary/aromatic N) is 1. The SMILES string of the molecule is CC1NC(=O)CCN(C(C)c2ccco2)C1=O. The largest absolute Gasteiger partial charge is 0.467 e. The number of carbonyl (C=O) groups excluding carboxylic acids is 2. The number of amides is 2. The summed E-state index contributed by atoms with van der Waals surface area (Å²) in [7, 11) is 0. The molecule has 5 heteroatoms. The molecule has 1 aliphatic rings. The van der Waals surface area contributed by atoms with Gasteiger partial charge in [-0.25, -0.2) is 0 Å². The summed E-state index contributed by atoms with van der Waals surface area (Å²) in [6.07, 6.45) is 1.92. The minimum Gasteiger partial charge on any atom is -0.467 e. The van der Waals surface area contributed by atoms with Crippen LogP contribution in [0.4, 0.5) is 0 Å². The highest BCUT2D eigenvalue weighted by Gasteiger charge is 2.31. The molecule has 2 unspecified atom stereocenters. The summed E-state index contributed by atoms with van der Waals surface area (Å²) < 4.78 is 5.30. The van der Waals surface area contributed by atoms with Crippen LogP contribution >= 0.6 is 0 Å². The fraction of sp³-hybridized carbons (Fsp3) is 0.500. The first-order valence-corrected chi connectivity index (χ1v) is 5.73. The third-order valence-corrected chi connectivity index (χ3v) is 3.03. The lowest BCUT2D eigenvalue weighted by atomic mass is 10.2. The molecule has 17 heavy (non-hydrogen) atoms. The molecule has 0 saturated carbocycles. The van der Waals surface area contributed by atoms with Crippen molar-refractivity contribution in [2.75, 3.05) is 6.54 Å². The molecule has 2 amide bonds. The molecule has 1 fully saturated rings. The molecular weight excluding hydrogens is 220 g/mol. The van der Waals surface area contributed by atoms with E-state index in [-0.39, 0.29) is 17.9 Å². The van der Waals surface area contributed by atoms with Gasteiger partial charge in [-0.15, -0.1) is 0 Å². The minimum atomic E-state index is -0.470. The molecule has 1 aromatic heterocycles. The van der Waals surface area contributed by atoms with Crippen molar-refractivity contribution < 1.29 is 14.0 Å². The van der Waals surface area contributed by atoms with Crippen LogP contribution in [-0.4, -0.2) is 29.3 Å². The summed E-state index contributed by atoms with van der Waals surface area (Å²) in [6, 6.07) is 3.01. The zero-order valence-corrected chi connectivity index (χ0v) is 9.97. The Morgan fingerprint density at radius 2 is 2.29 bits per heavy atom. The molecular formula is C12H16N2O3. The van der Waals surface area contributed by atoms with Gasteiger partial charge in [-0.3, -0.25) is 9.59 Å². The second-order valence-corrected chi connectivity index (χ2v) is 4.26. The Balaban J connectivity index is 2.19. The Bertz CT molecular complexity index is 413. The van der Waals surface area contributed by atoms with Gasteiger partial charge in [0.2, 0.25) is 11.8 Å². The molecule has 2 heterocycles. The zero-order valence-electron chi connectivity index (χ0n) is 9.97. The average molecular weight is 236 g/mol. The maximum Gasteiger partial charge on any atom is 0.245 e. The molecule has 1 aliphatic heterocycles. The van der Waals surface area contributed by atoms with E-state index in [9.17, 15) is 9.59 Å². The summed E-state index contributed by atoms with van der Waals surface area (Å²) in [6.45, 7) is 4.03. The molecule has 5 nitrogen and oxygen atoms in total. The van der Waals surface area contributed by atoms with Crippen LogP contribution in [0.3, 0.4) is 0 Å². The summed E-state index contributed by atoms with van der Waals surface area (Å²) in [5.41, 5.74) is 0. The van der Waals surface area contributed by atoms with E-state index in [0.29, 0.717) is 13.0 Å². The minimum absolute atomic E-state index is 0.0697. The van der Waals surface area contributed by atoms with Crippen molar-refractivity contribution in [3.05, 3.63) is 24.2 Å². The first-order valence-electron chi connectivity index (χ1n) is 5.73. The maximum atomic E-state index is 12.1. The second kappa shape index (κ2) is 4.61. The van der Waals surface area contributed by atoms with Crippen LogP contribution in [0.1, 0.15) is 32.1 Å². The summed E-state index contributed by atoms with van der Waals surface area (Å²) >= 11 is 0. The van der Waals surface area contributed by atoms with Gasteiger partial charge in [0.25, 0.3) is 0 Å². The van der Waals surface area contributed by atoms with Gasteiger partial charge in [-0.2, -0.15) is 0 Å². The number of rotatable bonds is 2. The Labute approximate surface area is 99.8 Å². The fourth-order valence-electron chi connectivity index (χ4n) is 2.02. The number of carbonyl (C=O) groups is 2. The fourth-order valence-corrected chi connectivity index (χ4v) is 2.02. The van der Waals surface area contributed by atoms with Crippen LogP contribution in [0.5, 0.6) is 0 Å². The number of nitrogens with one attached hydrogen (secondary N) is 1. The first kappa shape index (κ1) is 11.7. The highest BCUT2D eigenvalue weighted by Crippen LogP contribution is 2.22. The molecule has 0 aliphatic carbocycles. The maximum absolute atomic E-state index is 12.1. The van der Waals surface area contributed by atoms with E-state index in [1.165, 1.54) is 0 Å². The smallest absolute Gasteiger partial charge is 0.245 e. The lowest BCUT2D eigenvalue weighted by Crippen LogP contribution is -2.43. The van der Waals surface area contributed by atoms with Crippen LogP contribution in [-0.2, 0) is 9.59 Å². The van der Waals surface area contributed by atoms with Crippen LogP contribution in [0.25, 0.3) is 0 Å². The van der Waals surface area contributed by atoms with Crippen molar-refractivity contribution in [1.82, 2.24) is 10.2 Å². The third kappa shape index (κ3) is 2.33. The number of hydrogen-bond acceptors (Lipinski definition) is 3. The molecule has 2 rings (SSSR count). The predicted molar refractivity (Wildman–Crippen MR) is 61.1 cm³/mol. The highest BCUT2D eigenvalue weighted by atomic mass is 16.3. The van der Waals surface area contributed by atoms with Crippen LogP contribution in [0.2, 0.25) is 0 Å². The standard InChI is InChI=1S/C12H16N2O3/c1-8-12(16)14(6-5-11(15)13-8)9(2)10-4-3-7-17-10/h3-4,7-9H,5-6H2,1-2H3,(H,13,15). The van der Waals surface area contributed by atoms with E-state index in [1.54, 1.807) is 24.2 Å². The Kier molecular flexibility index (Phi) is 3.17. The van der Waals surface area contributed by atoms with Crippen molar-refractivity contribution in [1.29, 1.82) is 0 Å².